The van der Waals surface area contributed by atoms with Crippen LogP contribution < -0.4 is 4.90 Å². The molecule has 0 unspecified atom stereocenters. The Bertz CT molecular complexity index is 801. The molecule has 6 heteroatoms. The second kappa shape index (κ2) is 9.04. The summed E-state index contributed by atoms with van der Waals surface area (Å²) in [5.41, 5.74) is 3.67. The Hall–Kier alpha value is -2.63. The van der Waals surface area contributed by atoms with Crippen molar-refractivity contribution in [3.05, 3.63) is 46.8 Å². The minimum Gasteiger partial charge on any atom is -0.361 e. The average molecular weight is 383 g/mol. The number of piperidine rings is 1. The van der Waals surface area contributed by atoms with E-state index in [2.05, 4.69) is 5.16 Å². The lowest BCUT2D eigenvalue weighted by atomic mass is 10.1. The molecule has 3 rings (SSSR count). The molecule has 2 aromatic rings. The molecular weight excluding hydrogens is 354 g/mol. The zero-order valence-electron chi connectivity index (χ0n) is 17.0. The molecule has 1 aliphatic rings. The SMILES string of the molecule is Cc1ccc(N(CC(=O)N2CCCCC2)C(=O)CCc2c(C)noc2C)cc1. The summed E-state index contributed by atoms with van der Waals surface area (Å²) >= 11 is 0. The molecule has 28 heavy (non-hydrogen) atoms. The number of carbonyl (C=O) groups excluding carboxylic acids is 2. The second-order valence-corrected chi connectivity index (χ2v) is 7.56. The van der Waals surface area contributed by atoms with Crippen LogP contribution in [0.1, 0.15) is 48.3 Å². The van der Waals surface area contributed by atoms with Gasteiger partial charge in [-0.25, -0.2) is 0 Å². The predicted octanol–water partition coefficient (Wildman–Crippen LogP) is 3.58. The summed E-state index contributed by atoms with van der Waals surface area (Å²) in [6, 6.07) is 7.75. The van der Waals surface area contributed by atoms with E-state index < -0.39 is 0 Å². The molecule has 150 valence electrons. The van der Waals surface area contributed by atoms with Gasteiger partial charge in [-0.15, -0.1) is 0 Å². The van der Waals surface area contributed by atoms with Gasteiger partial charge in [0.2, 0.25) is 11.8 Å². The minimum absolute atomic E-state index is 0.0194. The number of hydrogen-bond acceptors (Lipinski definition) is 4. The van der Waals surface area contributed by atoms with Crippen molar-refractivity contribution in [2.24, 2.45) is 0 Å². The number of hydrogen-bond donors (Lipinski definition) is 0. The standard InChI is InChI=1S/C22H29N3O3/c1-16-7-9-19(10-8-16)25(15-22(27)24-13-5-4-6-14-24)21(26)12-11-20-17(2)23-28-18(20)3/h7-10H,4-6,11-15H2,1-3H3. The second-order valence-electron chi connectivity index (χ2n) is 7.56. The van der Waals surface area contributed by atoms with E-state index >= 15 is 0 Å². The van der Waals surface area contributed by atoms with Gasteiger partial charge in [0.25, 0.3) is 0 Å². The van der Waals surface area contributed by atoms with Crippen molar-refractivity contribution in [1.29, 1.82) is 0 Å². The van der Waals surface area contributed by atoms with Gasteiger partial charge in [0.1, 0.15) is 12.3 Å². The Labute approximate surface area is 166 Å². The number of anilines is 1. The van der Waals surface area contributed by atoms with Crippen LogP contribution in [0.5, 0.6) is 0 Å². The molecule has 0 atom stereocenters. The van der Waals surface area contributed by atoms with Gasteiger partial charge in [0.15, 0.2) is 0 Å². The van der Waals surface area contributed by atoms with Crippen LogP contribution in [-0.4, -0.2) is 41.5 Å². The number of likely N-dealkylation sites (tertiary alicyclic amines) is 1. The van der Waals surface area contributed by atoms with Crippen molar-refractivity contribution in [2.75, 3.05) is 24.5 Å². The average Bonchev–Trinajstić information content (AvgIpc) is 3.03. The van der Waals surface area contributed by atoms with Crippen molar-refractivity contribution in [1.82, 2.24) is 10.1 Å². The Morgan fingerprint density at radius 1 is 1.07 bits per heavy atom. The zero-order chi connectivity index (χ0) is 20.1. The van der Waals surface area contributed by atoms with Crippen molar-refractivity contribution < 1.29 is 14.1 Å². The molecule has 0 spiro atoms. The molecule has 1 fully saturated rings. The van der Waals surface area contributed by atoms with Crippen molar-refractivity contribution in [2.45, 2.75) is 52.9 Å². The summed E-state index contributed by atoms with van der Waals surface area (Å²) in [5.74, 6) is 0.705. The lowest BCUT2D eigenvalue weighted by molar-refractivity contribution is -0.132. The third-order valence-electron chi connectivity index (χ3n) is 5.42. The third kappa shape index (κ3) is 4.80. The van der Waals surface area contributed by atoms with Crippen LogP contribution in [0, 0.1) is 20.8 Å². The third-order valence-corrected chi connectivity index (χ3v) is 5.42. The maximum atomic E-state index is 13.1. The quantitative estimate of drug-likeness (QED) is 0.765. The van der Waals surface area contributed by atoms with Crippen LogP contribution in [0.2, 0.25) is 0 Å². The zero-order valence-corrected chi connectivity index (χ0v) is 17.0. The van der Waals surface area contributed by atoms with E-state index in [1.54, 1.807) is 4.90 Å². The van der Waals surface area contributed by atoms with Crippen LogP contribution in [0.25, 0.3) is 0 Å². The molecule has 0 saturated carbocycles. The first-order valence-corrected chi connectivity index (χ1v) is 10.0. The van der Waals surface area contributed by atoms with Gasteiger partial charge >= 0.3 is 0 Å². The van der Waals surface area contributed by atoms with Gasteiger partial charge in [0.05, 0.1) is 5.69 Å². The molecule has 2 amide bonds. The molecule has 6 nitrogen and oxygen atoms in total. The molecule has 2 heterocycles. The van der Waals surface area contributed by atoms with E-state index in [-0.39, 0.29) is 18.4 Å². The van der Waals surface area contributed by atoms with E-state index in [1.165, 1.54) is 6.42 Å². The summed E-state index contributed by atoms with van der Waals surface area (Å²) in [4.78, 5) is 29.4. The highest BCUT2D eigenvalue weighted by molar-refractivity contribution is 5.98. The molecule has 1 saturated heterocycles. The molecule has 0 aliphatic carbocycles. The van der Waals surface area contributed by atoms with Crippen molar-refractivity contribution in [3.8, 4) is 0 Å². The largest absolute Gasteiger partial charge is 0.361 e. The lowest BCUT2D eigenvalue weighted by Gasteiger charge is -2.30. The highest BCUT2D eigenvalue weighted by Crippen LogP contribution is 2.20. The fraction of sp³-hybridized carbons (Fsp3) is 0.500. The summed E-state index contributed by atoms with van der Waals surface area (Å²) in [5, 5.41) is 3.96. The number of benzene rings is 1. The summed E-state index contributed by atoms with van der Waals surface area (Å²) in [7, 11) is 0. The van der Waals surface area contributed by atoms with Gasteiger partial charge in [-0.05, 0) is 58.6 Å². The normalized spacial score (nSPS) is 14.2. The first-order chi connectivity index (χ1) is 13.5. The van der Waals surface area contributed by atoms with Gasteiger partial charge in [-0.2, -0.15) is 0 Å². The molecule has 1 aromatic carbocycles. The van der Waals surface area contributed by atoms with E-state index in [4.69, 9.17) is 4.52 Å². The number of carbonyl (C=O) groups is 2. The Balaban J connectivity index is 1.74. The Kier molecular flexibility index (Phi) is 6.49. The molecule has 1 aromatic heterocycles. The Morgan fingerprint density at radius 3 is 2.36 bits per heavy atom. The number of rotatable bonds is 6. The number of nitrogens with zero attached hydrogens (tertiary/aromatic N) is 3. The van der Waals surface area contributed by atoms with Gasteiger partial charge in [-0.3, -0.25) is 9.59 Å². The van der Waals surface area contributed by atoms with Gasteiger partial charge in [-0.1, -0.05) is 22.9 Å². The summed E-state index contributed by atoms with van der Waals surface area (Å²) in [6.45, 7) is 7.41. The minimum atomic E-state index is -0.0609. The maximum absolute atomic E-state index is 13.1. The fourth-order valence-electron chi connectivity index (χ4n) is 3.65. The van der Waals surface area contributed by atoms with E-state index in [1.807, 2.05) is 49.9 Å². The van der Waals surface area contributed by atoms with E-state index in [0.717, 1.165) is 54.2 Å². The fourth-order valence-corrected chi connectivity index (χ4v) is 3.65. The van der Waals surface area contributed by atoms with Crippen LogP contribution in [0.3, 0.4) is 0 Å². The molecular formula is C22H29N3O3. The maximum Gasteiger partial charge on any atom is 0.242 e. The summed E-state index contributed by atoms with van der Waals surface area (Å²) in [6.07, 6.45) is 4.11. The first-order valence-electron chi connectivity index (χ1n) is 10.0. The molecule has 0 N–H and O–H groups in total. The number of aryl methyl sites for hydroxylation is 3. The predicted molar refractivity (Wildman–Crippen MR) is 108 cm³/mol. The monoisotopic (exact) mass is 383 g/mol. The van der Waals surface area contributed by atoms with E-state index in [9.17, 15) is 9.59 Å². The Morgan fingerprint density at radius 2 is 1.75 bits per heavy atom. The van der Waals surface area contributed by atoms with Crippen LogP contribution in [-0.2, 0) is 16.0 Å². The van der Waals surface area contributed by atoms with Gasteiger partial charge < -0.3 is 14.3 Å². The molecule has 0 radical (unpaired) electrons. The highest BCUT2D eigenvalue weighted by atomic mass is 16.5. The van der Waals surface area contributed by atoms with E-state index in [0.29, 0.717) is 12.8 Å². The van der Waals surface area contributed by atoms with Crippen molar-refractivity contribution in [3.63, 3.8) is 0 Å². The molecule has 0 bridgehead atoms. The smallest absolute Gasteiger partial charge is 0.242 e. The van der Waals surface area contributed by atoms with Crippen LogP contribution >= 0.6 is 0 Å². The number of amides is 2. The first kappa shape index (κ1) is 20.1. The lowest BCUT2D eigenvalue weighted by Crippen LogP contribution is -2.45. The van der Waals surface area contributed by atoms with Crippen LogP contribution in [0.15, 0.2) is 28.8 Å². The van der Waals surface area contributed by atoms with Crippen LogP contribution in [0.4, 0.5) is 5.69 Å². The topological polar surface area (TPSA) is 66.7 Å². The van der Waals surface area contributed by atoms with Crippen molar-refractivity contribution >= 4 is 17.5 Å². The molecule has 1 aliphatic heterocycles. The highest BCUT2D eigenvalue weighted by Gasteiger charge is 2.24. The van der Waals surface area contributed by atoms with Gasteiger partial charge in [0, 0.05) is 30.8 Å². The number of aromatic nitrogens is 1. The summed E-state index contributed by atoms with van der Waals surface area (Å²) < 4.78 is 5.19.